The Morgan fingerprint density at radius 2 is 1.94 bits per heavy atom. The van der Waals surface area contributed by atoms with Crippen LogP contribution in [0.2, 0.25) is 0 Å². The van der Waals surface area contributed by atoms with Crippen LogP contribution in [-0.2, 0) is 6.54 Å². The number of aromatic carboxylic acids is 1. The summed E-state index contributed by atoms with van der Waals surface area (Å²) in [5.41, 5.74) is 0.873. The van der Waals surface area contributed by atoms with Crippen LogP contribution in [0.4, 0.5) is 10.2 Å². The van der Waals surface area contributed by atoms with Gasteiger partial charge in [-0.15, -0.1) is 0 Å². The average Bonchev–Trinajstić information content (AvgIpc) is 2.38. The Labute approximate surface area is 103 Å². The van der Waals surface area contributed by atoms with Gasteiger partial charge in [0, 0.05) is 6.54 Å². The molecule has 0 radical (unpaired) electrons. The molecule has 0 saturated heterocycles. The minimum Gasteiger partial charge on any atom is -0.477 e. The molecule has 0 bridgehead atoms. The van der Waals surface area contributed by atoms with E-state index < -0.39 is 5.97 Å². The van der Waals surface area contributed by atoms with Gasteiger partial charge >= 0.3 is 5.97 Å². The molecule has 0 fully saturated rings. The summed E-state index contributed by atoms with van der Waals surface area (Å²) in [7, 11) is 0. The maximum atomic E-state index is 12.7. The number of nitrogens with zero attached hydrogens (tertiary/aromatic N) is 1. The second-order valence-electron chi connectivity index (χ2n) is 3.69. The summed E-state index contributed by atoms with van der Waals surface area (Å²) in [6, 6.07) is 10.8. The smallest absolute Gasteiger partial charge is 0.354 e. The lowest BCUT2D eigenvalue weighted by Gasteiger charge is -2.06. The number of carboxylic acids is 1. The molecule has 0 aliphatic carbocycles. The largest absolute Gasteiger partial charge is 0.477 e. The first-order valence-electron chi connectivity index (χ1n) is 5.34. The molecule has 0 spiro atoms. The number of anilines is 1. The molecule has 2 aromatic rings. The van der Waals surface area contributed by atoms with Crippen LogP contribution >= 0.6 is 0 Å². The van der Waals surface area contributed by atoms with Gasteiger partial charge in [0.05, 0.1) is 0 Å². The topological polar surface area (TPSA) is 62.2 Å². The van der Waals surface area contributed by atoms with E-state index in [0.717, 1.165) is 5.56 Å². The van der Waals surface area contributed by atoms with Gasteiger partial charge in [-0.25, -0.2) is 14.2 Å². The van der Waals surface area contributed by atoms with E-state index in [2.05, 4.69) is 10.3 Å². The molecule has 1 aromatic carbocycles. The van der Waals surface area contributed by atoms with Gasteiger partial charge in [0.25, 0.3) is 0 Å². The number of benzene rings is 1. The second kappa shape index (κ2) is 5.27. The molecule has 0 unspecified atom stereocenters. The third-order valence-electron chi connectivity index (χ3n) is 2.36. The van der Waals surface area contributed by atoms with Crippen LogP contribution in [0.5, 0.6) is 0 Å². The fourth-order valence-electron chi connectivity index (χ4n) is 1.45. The van der Waals surface area contributed by atoms with Gasteiger partial charge in [0.1, 0.15) is 11.6 Å². The van der Waals surface area contributed by atoms with Crippen molar-refractivity contribution in [3.05, 3.63) is 59.5 Å². The van der Waals surface area contributed by atoms with Crippen molar-refractivity contribution in [2.75, 3.05) is 5.32 Å². The number of halogens is 1. The van der Waals surface area contributed by atoms with Gasteiger partial charge in [0.2, 0.25) is 0 Å². The molecular weight excluding hydrogens is 235 g/mol. The number of carboxylic acid groups (broad SMARTS) is 1. The van der Waals surface area contributed by atoms with Crippen molar-refractivity contribution in [2.24, 2.45) is 0 Å². The lowest BCUT2D eigenvalue weighted by molar-refractivity contribution is 0.0690. The molecule has 1 aromatic heterocycles. The van der Waals surface area contributed by atoms with Gasteiger partial charge in [-0.05, 0) is 29.8 Å². The van der Waals surface area contributed by atoms with Crippen LogP contribution in [0, 0.1) is 5.82 Å². The molecule has 1 heterocycles. The lowest BCUT2D eigenvalue weighted by atomic mass is 10.2. The Kier molecular flexibility index (Phi) is 3.52. The van der Waals surface area contributed by atoms with E-state index in [9.17, 15) is 9.18 Å². The SMILES string of the molecule is O=C(O)c1cccc(NCc2ccc(F)cc2)n1. The van der Waals surface area contributed by atoms with Gasteiger partial charge in [-0.3, -0.25) is 0 Å². The first-order chi connectivity index (χ1) is 8.65. The Hall–Kier alpha value is -2.43. The average molecular weight is 246 g/mol. The summed E-state index contributed by atoms with van der Waals surface area (Å²) in [5.74, 6) is -0.885. The predicted molar refractivity (Wildman–Crippen MR) is 64.9 cm³/mol. The van der Waals surface area contributed by atoms with Crippen molar-refractivity contribution in [1.82, 2.24) is 4.98 Å². The zero-order valence-electron chi connectivity index (χ0n) is 9.43. The summed E-state index contributed by atoms with van der Waals surface area (Å²) >= 11 is 0. The van der Waals surface area contributed by atoms with E-state index in [-0.39, 0.29) is 11.5 Å². The fraction of sp³-hybridized carbons (Fsp3) is 0.0769. The summed E-state index contributed by atoms with van der Waals surface area (Å²) in [5, 5.41) is 11.8. The van der Waals surface area contributed by atoms with Crippen molar-refractivity contribution in [3.8, 4) is 0 Å². The number of aromatic nitrogens is 1. The van der Waals surface area contributed by atoms with Gasteiger partial charge < -0.3 is 10.4 Å². The Bertz CT molecular complexity index is 555. The maximum absolute atomic E-state index is 12.7. The van der Waals surface area contributed by atoms with Crippen LogP contribution in [0.25, 0.3) is 0 Å². The third kappa shape index (κ3) is 3.04. The molecule has 0 atom stereocenters. The normalized spacial score (nSPS) is 10.1. The third-order valence-corrected chi connectivity index (χ3v) is 2.36. The molecule has 0 saturated carbocycles. The lowest BCUT2D eigenvalue weighted by Crippen LogP contribution is -2.05. The molecule has 2 rings (SSSR count). The van der Waals surface area contributed by atoms with E-state index in [4.69, 9.17) is 5.11 Å². The molecule has 0 aliphatic heterocycles. The van der Waals surface area contributed by atoms with Crippen molar-refractivity contribution in [3.63, 3.8) is 0 Å². The quantitative estimate of drug-likeness (QED) is 0.870. The number of hydrogen-bond donors (Lipinski definition) is 2. The van der Waals surface area contributed by atoms with Gasteiger partial charge in [-0.1, -0.05) is 18.2 Å². The molecule has 5 heteroatoms. The Balaban J connectivity index is 2.04. The zero-order chi connectivity index (χ0) is 13.0. The minimum absolute atomic E-state index is 0.0147. The highest BCUT2D eigenvalue weighted by Crippen LogP contribution is 2.08. The van der Waals surface area contributed by atoms with Crippen molar-refractivity contribution in [1.29, 1.82) is 0 Å². The van der Waals surface area contributed by atoms with Crippen molar-refractivity contribution >= 4 is 11.8 Å². The minimum atomic E-state index is -1.07. The number of pyridine rings is 1. The number of rotatable bonds is 4. The monoisotopic (exact) mass is 246 g/mol. The first kappa shape index (κ1) is 12.0. The van der Waals surface area contributed by atoms with Crippen LogP contribution < -0.4 is 5.32 Å². The summed E-state index contributed by atoms with van der Waals surface area (Å²) in [6.45, 7) is 0.455. The molecule has 92 valence electrons. The van der Waals surface area contributed by atoms with Gasteiger partial charge in [-0.2, -0.15) is 0 Å². The maximum Gasteiger partial charge on any atom is 0.354 e. The van der Waals surface area contributed by atoms with Crippen LogP contribution in [-0.4, -0.2) is 16.1 Å². The summed E-state index contributed by atoms with van der Waals surface area (Å²) in [4.78, 5) is 14.7. The van der Waals surface area contributed by atoms with Crippen LogP contribution in [0.1, 0.15) is 16.1 Å². The highest BCUT2D eigenvalue weighted by Gasteiger charge is 2.04. The van der Waals surface area contributed by atoms with Crippen LogP contribution in [0.15, 0.2) is 42.5 Å². The van der Waals surface area contributed by atoms with Crippen molar-refractivity contribution < 1.29 is 14.3 Å². The molecule has 0 amide bonds. The van der Waals surface area contributed by atoms with Crippen LogP contribution in [0.3, 0.4) is 0 Å². The van der Waals surface area contributed by atoms with E-state index in [0.29, 0.717) is 12.4 Å². The van der Waals surface area contributed by atoms with Crippen molar-refractivity contribution in [2.45, 2.75) is 6.54 Å². The first-order valence-corrected chi connectivity index (χ1v) is 5.34. The number of hydrogen-bond acceptors (Lipinski definition) is 3. The van der Waals surface area contributed by atoms with E-state index in [1.165, 1.54) is 18.2 Å². The molecule has 4 nitrogen and oxygen atoms in total. The summed E-state index contributed by atoms with van der Waals surface area (Å²) < 4.78 is 12.7. The zero-order valence-corrected chi connectivity index (χ0v) is 9.43. The van der Waals surface area contributed by atoms with E-state index in [1.54, 1.807) is 24.3 Å². The molecular formula is C13H11FN2O2. The standard InChI is InChI=1S/C13H11FN2O2/c14-10-6-4-9(5-7-10)8-15-12-3-1-2-11(16-12)13(17)18/h1-7H,8H2,(H,15,16)(H,17,18). The van der Waals surface area contributed by atoms with Gasteiger partial charge in [0.15, 0.2) is 5.69 Å². The number of carbonyl (C=O) groups is 1. The highest BCUT2D eigenvalue weighted by molar-refractivity contribution is 5.85. The number of nitrogens with one attached hydrogen (secondary N) is 1. The fourth-order valence-corrected chi connectivity index (χ4v) is 1.45. The molecule has 2 N–H and O–H groups in total. The highest BCUT2D eigenvalue weighted by atomic mass is 19.1. The summed E-state index contributed by atoms with van der Waals surface area (Å²) in [6.07, 6.45) is 0. The Morgan fingerprint density at radius 1 is 1.22 bits per heavy atom. The predicted octanol–water partition coefficient (Wildman–Crippen LogP) is 2.53. The Morgan fingerprint density at radius 3 is 2.61 bits per heavy atom. The van der Waals surface area contributed by atoms with E-state index >= 15 is 0 Å². The van der Waals surface area contributed by atoms with E-state index in [1.807, 2.05) is 0 Å². The second-order valence-corrected chi connectivity index (χ2v) is 3.69. The molecule has 18 heavy (non-hydrogen) atoms. The molecule has 0 aliphatic rings.